The molecule has 0 radical (unpaired) electrons. The van der Waals surface area contributed by atoms with Crippen LogP contribution in [0.15, 0.2) is 39.9 Å². The number of alkyl halides is 1. The number of hydrogen-bond donors (Lipinski definition) is 2. The number of anilines is 2. The monoisotopic (exact) mass is 491 g/mol. The minimum atomic E-state index is -0.564. The fourth-order valence-electron chi connectivity index (χ4n) is 5.15. The van der Waals surface area contributed by atoms with E-state index in [2.05, 4.69) is 46.6 Å². The van der Waals surface area contributed by atoms with Crippen molar-refractivity contribution < 1.29 is 8.81 Å². The molecule has 3 aromatic heterocycles. The summed E-state index contributed by atoms with van der Waals surface area (Å²) in [4.78, 5) is 26.9. The van der Waals surface area contributed by atoms with Crippen LogP contribution < -0.4 is 16.2 Å². The summed E-state index contributed by atoms with van der Waals surface area (Å²) >= 11 is 0. The zero-order valence-electron chi connectivity index (χ0n) is 20.9. The van der Waals surface area contributed by atoms with E-state index in [1.54, 1.807) is 9.36 Å². The van der Waals surface area contributed by atoms with Gasteiger partial charge in [0, 0.05) is 28.9 Å². The summed E-state index contributed by atoms with van der Waals surface area (Å²) in [5.41, 5.74) is 3.51. The first-order valence-corrected chi connectivity index (χ1v) is 12.4. The van der Waals surface area contributed by atoms with E-state index in [9.17, 15) is 9.18 Å². The average molecular weight is 492 g/mol. The highest BCUT2D eigenvalue weighted by Crippen LogP contribution is 2.48. The molecule has 0 bridgehead atoms. The van der Waals surface area contributed by atoms with Gasteiger partial charge >= 0.3 is 6.01 Å². The maximum Gasteiger partial charge on any atom is 0.323 e. The molecule has 4 heterocycles. The van der Waals surface area contributed by atoms with Crippen LogP contribution in [0.4, 0.5) is 16.0 Å². The predicted molar refractivity (Wildman–Crippen MR) is 135 cm³/mol. The molecule has 36 heavy (non-hydrogen) atoms. The van der Waals surface area contributed by atoms with Crippen LogP contribution in [0.25, 0.3) is 17.0 Å². The maximum absolute atomic E-state index is 13.6. The van der Waals surface area contributed by atoms with Gasteiger partial charge in [0.05, 0.1) is 5.69 Å². The van der Waals surface area contributed by atoms with E-state index in [1.165, 1.54) is 23.6 Å². The first-order chi connectivity index (χ1) is 17.2. The normalized spacial score (nSPS) is 17.9. The number of nitrogens with one attached hydrogen (secondary N) is 2. The Balaban J connectivity index is 1.42. The second-order valence-electron chi connectivity index (χ2n) is 10.7. The molecule has 1 aromatic carbocycles. The van der Waals surface area contributed by atoms with Crippen molar-refractivity contribution >= 4 is 22.7 Å². The third-order valence-electron chi connectivity index (χ3n) is 7.43. The lowest BCUT2D eigenvalue weighted by Crippen LogP contribution is -2.42. The molecule has 0 spiro atoms. The molecule has 6 rings (SSSR count). The van der Waals surface area contributed by atoms with Crippen LogP contribution in [0.3, 0.4) is 0 Å². The standard InChI is InChI=1S/C26H30FN7O2/c1-15(2)33-22(35)18-12-28-23(30-17-5-6-19-16(11-17)7-10-29-25(19,3)4)32-21(18)34(33)24-31-20(13-36-24)26(14-27)8-9-26/h5-6,11-13,15,29H,7-10,14H2,1-4H3,(H,28,30,32). The Bertz CT molecular complexity index is 1530. The van der Waals surface area contributed by atoms with E-state index >= 15 is 0 Å². The molecule has 2 aliphatic rings. The molecule has 1 saturated carbocycles. The fraction of sp³-hybridized carbons (Fsp3) is 0.462. The number of fused-ring (bicyclic) bond motifs is 2. The molecule has 0 unspecified atom stereocenters. The molecular formula is C26H30FN7O2. The lowest BCUT2D eigenvalue weighted by Gasteiger charge is -2.34. The summed E-state index contributed by atoms with van der Waals surface area (Å²) in [5.74, 6) is 0.361. The van der Waals surface area contributed by atoms with Crippen molar-refractivity contribution in [1.29, 1.82) is 0 Å². The van der Waals surface area contributed by atoms with Gasteiger partial charge in [-0.3, -0.25) is 9.18 Å². The van der Waals surface area contributed by atoms with Gasteiger partial charge < -0.3 is 15.1 Å². The number of rotatable bonds is 6. The minimum Gasteiger partial charge on any atom is -0.430 e. The van der Waals surface area contributed by atoms with Crippen molar-refractivity contribution in [2.45, 2.75) is 64.0 Å². The van der Waals surface area contributed by atoms with Gasteiger partial charge in [-0.25, -0.2) is 9.67 Å². The van der Waals surface area contributed by atoms with Gasteiger partial charge in [-0.2, -0.15) is 14.6 Å². The summed E-state index contributed by atoms with van der Waals surface area (Å²) < 4.78 is 22.5. The molecule has 10 heteroatoms. The van der Waals surface area contributed by atoms with Gasteiger partial charge in [0.2, 0.25) is 5.95 Å². The Hall–Kier alpha value is -3.53. The first kappa shape index (κ1) is 22.9. The highest BCUT2D eigenvalue weighted by atomic mass is 19.1. The molecule has 1 fully saturated rings. The predicted octanol–water partition coefficient (Wildman–Crippen LogP) is 4.28. The quantitative estimate of drug-likeness (QED) is 0.415. The lowest BCUT2D eigenvalue weighted by atomic mass is 9.85. The van der Waals surface area contributed by atoms with Crippen LogP contribution in [-0.2, 0) is 17.4 Å². The van der Waals surface area contributed by atoms with Gasteiger partial charge in [-0.1, -0.05) is 6.07 Å². The molecule has 4 aromatic rings. The van der Waals surface area contributed by atoms with E-state index in [-0.39, 0.29) is 23.2 Å². The molecule has 188 valence electrons. The largest absolute Gasteiger partial charge is 0.430 e. The van der Waals surface area contributed by atoms with Gasteiger partial charge in [0.25, 0.3) is 5.56 Å². The molecule has 2 N–H and O–H groups in total. The summed E-state index contributed by atoms with van der Waals surface area (Å²) in [5, 5.41) is 7.20. The summed E-state index contributed by atoms with van der Waals surface area (Å²) in [6.45, 7) is 8.61. The van der Waals surface area contributed by atoms with E-state index in [1.807, 2.05) is 19.9 Å². The number of oxazole rings is 1. The minimum absolute atomic E-state index is 0.0760. The van der Waals surface area contributed by atoms with Crippen LogP contribution in [-0.4, -0.2) is 37.5 Å². The molecular weight excluding hydrogens is 461 g/mol. The van der Waals surface area contributed by atoms with Crippen LogP contribution >= 0.6 is 0 Å². The van der Waals surface area contributed by atoms with Crippen molar-refractivity contribution in [2.75, 3.05) is 18.5 Å². The van der Waals surface area contributed by atoms with E-state index in [4.69, 9.17) is 9.40 Å². The van der Waals surface area contributed by atoms with Crippen molar-refractivity contribution in [3.8, 4) is 6.01 Å². The average Bonchev–Trinajstić information content (AvgIpc) is 3.39. The van der Waals surface area contributed by atoms with Crippen LogP contribution in [0.2, 0.25) is 0 Å². The number of aromatic nitrogens is 5. The Labute approximate surface area is 207 Å². The van der Waals surface area contributed by atoms with E-state index < -0.39 is 12.1 Å². The van der Waals surface area contributed by atoms with Gasteiger partial charge in [-0.05, 0) is 76.8 Å². The second kappa shape index (κ2) is 7.99. The second-order valence-corrected chi connectivity index (χ2v) is 10.7. The van der Waals surface area contributed by atoms with Crippen LogP contribution in [0, 0.1) is 0 Å². The van der Waals surface area contributed by atoms with Crippen molar-refractivity contribution in [2.24, 2.45) is 0 Å². The van der Waals surface area contributed by atoms with Crippen LogP contribution in [0.5, 0.6) is 0 Å². The van der Waals surface area contributed by atoms with Gasteiger partial charge in [0.15, 0.2) is 5.65 Å². The number of hydrogen-bond acceptors (Lipinski definition) is 7. The van der Waals surface area contributed by atoms with Gasteiger partial charge in [0.1, 0.15) is 18.3 Å². The molecule has 1 aliphatic carbocycles. The molecule has 0 saturated heterocycles. The third kappa shape index (κ3) is 3.54. The molecule has 9 nitrogen and oxygen atoms in total. The number of benzene rings is 1. The Morgan fingerprint density at radius 1 is 1.25 bits per heavy atom. The molecule has 0 atom stereocenters. The van der Waals surface area contributed by atoms with Crippen molar-refractivity contribution in [3.05, 3.63) is 57.8 Å². The Kier molecular flexibility index (Phi) is 5.08. The Morgan fingerprint density at radius 2 is 2.06 bits per heavy atom. The van der Waals surface area contributed by atoms with Crippen LogP contribution in [0.1, 0.15) is 63.4 Å². The van der Waals surface area contributed by atoms with E-state index in [0.29, 0.717) is 22.7 Å². The van der Waals surface area contributed by atoms with E-state index in [0.717, 1.165) is 31.5 Å². The smallest absolute Gasteiger partial charge is 0.323 e. The fourth-order valence-corrected chi connectivity index (χ4v) is 5.15. The zero-order chi connectivity index (χ0) is 25.2. The number of halogens is 1. The van der Waals surface area contributed by atoms with Crippen molar-refractivity contribution in [1.82, 2.24) is 29.6 Å². The van der Waals surface area contributed by atoms with Gasteiger partial charge in [-0.15, -0.1) is 0 Å². The number of nitrogens with zero attached hydrogens (tertiary/aromatic N) is 5. The lowest BCUT2D eigenvalue weighted by molar-refractivity contribution is 0.382. The summed E-state index contributed by atoms with van der Waals surface area (Å²) in [6, 6.07) is 6.27. The maximum atomic E-state index is 13.6. The molecule has 0 amide bonds. The highest BCUT2D eigenvalue weighted by molar-refractivity contribution is 5.76. The van der Waals surface area contributed by atoms with Crippen molar-refractivity contribution in [3.63, 3.8) is 0 Å². The summed E-state index contributed by atoms with van der Waals surface area (Å²) in [7, 11) is 0. The summed E-state index contributed by atoms with van der Waals surface area (Å²) in [6.07, 6.45) is 5.44. The molecule has 1 aliphatic heterocycles. The zero-order valence-corrected chi connectivity index (χ0v) is 20.9. The highest BCUT2D eigenvalue weighted by Gasteiger charge is 2.47. The third-order valence-corrected chi connectivity index (χ3v) is 7.43. The first-order valence-electron chi connectivity index (χ1n) is 12.4. The topological polar surface area (TPSA) is 103 Å². The Morgan fingerprint density at radius 3 is 2.78 bits per heavy atom. The SMILES string of the molecule is CC(C)n1c(=O)c2cnc(Nc3ccc4c(c3)CCNC4(C)C)nc2n1-c1nc(C2(CF)CC2)co1.